The second kappa shape index (κ2) is 7.34. The maximum atomic E-state index is 6.15. The number of hydrogen-bond donors (Lipinski definition) is 1. The van der Waals surface area contributed by atoms with E-state index in [0.717, 1.165) is 29.6 Å². The molecule has 1 fully saturated rings. The van der Waals surface area contributed by atoms with Crippen LogP contribution in [0.3, 0.4) is 0 Å². The molecule has 1 aliphatic heterocycles. The van der Waals surface area contributed by atoms with Gasteiger partial charge in [-0.15, -0.1) is 12.4 Å². The highest BCUT2D eigenvalue weighted by Crippen LogP contribution is 2.21. The first-order chi connectivity index (χ1) is 8.19. The van der Waals surface area contributed by atoms with Crippen LogP contribution in [0.15, 0.2) is 18.2 Å². The molecule has 4 heteroatoms. The summed E-state index contributed by atoms with van der Waals surface area (Å²) in [6, 6.07) is 6.40. The number of rotatable bonds is 4. The predicted octanol–water partition coefficient (Wildman–Crippen LogP) is 3.11. The van der Waals surface area contributed by atoms with Crippen LogP contribution in [0.4, 0.5) is 0 Å². The highest BCUT2D eigenvalue weighted by atomic mass is 35.5. The molecule has 0 spiro atoms. The molecule has 0 bridgehead atoms. The van der Waals surface area contributed by atoms with E-state index in [1.807, 2.05) is 14.0 Å². The Kier molecular flexibility index (Phi) is 6.44. The summed E-state index contributed by atoms with van der Waals surface area (Å²) in [6.45, 7) is 6.61. The fourth-order valence-corrected chi connectivity index (χ4v) is 2.71. The lowest BCUT2D eigenvalue weighted by Crippen LogP contribution is -2.24. The summed E-state index contributed by atoms with van der Waals surface area (Å²) in [5.74, 6) is 0.806. The predicted molar refractivity (Wildman–Crippen MR) is 80.7 cm³/mol. The Balaban J connectivity index is 0.00000162. The van der Waals surface area contributed by atoms with Crippen LogP contribution < -0.4 is 5.32 Å². The minimum absolute atomic E-state index is 0. The molecule has 0 saturated carbocycles. The van der Waals surface area contributed by atoms with E-state index >= 15 is 0 Å². The van der Waals surface area contributed by atoms with Gasteiger partial charge >= 0.3 is 0 Å². The third-order valence-electron chi connectivity index (χ3n) is 3.51. The van der Waals surface area contributed by atoms with Crippen LogP contribution in [0.5, 0.6) is 0 Å². The summed E-state index contributed by atoms with van der Waals surface area (Å²) in [4.78, 5) is 2.52. The largest absolute Gasteiger partial charge is 0.319 e. The summed E-state index contributed by atoms with van der Waals surface area (Å²) in [7, 11) is 2.03. The Morgan fingerprint density at radius 2 is 2.22 bits per heavy atom. The van der Waals surface area contributed by atoms with Crippen molar-refractivity contribution in [2.45, 2.75) is 19.9 Å². The van der Waals surface area contributed by atoms with Crippen molar-refractivity contribution in [1.82, 2.24) is 10.2 Å². The lowest BCUT2D eigenvalue weighted by atomic mass is 10.1. The highest BCUT2D eigenvalue weighted by Gasteiger charge is 2.21. The van der Waals surface area contributed by atoms with Crippen molar-refractivity contribution in [3.05, 3.63) is 34.3 Å². The van der Waals surface area contributed by atoms with Crippen molar-refractivity contribution >= 4 is 24.0 Å². The average molecular weight is 289 g/mol. The van der Waals surface area contributed by atoms with Gasteiger partial charge in [-0.1, -0.05) is 23.7 Å². The monoisotopic (exact) mass is 288 g/mol. The number of likely N-dealkylation sites (tertiary alicyclic amines) is 1. The zero-order chi connectivity index (χ0) is 12.3. The van der Waals surface area contributed by atoms with Crippen LogP contribution in [0.2, 0.25) is 5.02 Å². The minimum atomic E-state index is 0. The Bertz CT molecular complexity index is 382. The van der Waals surface area contributed by atoms with E-state index in [-0.39, 0.29) is 12.4 Å². The van der Waals surface area contributed by atoms with Gasteiger partial charge in [-0.3, -0.25) is 4.90 Å². The van der Waals surface area contributed by atoms with Crippen molar-refractivity contribution in [3.63, 3.8) is 0 Å². The molecular weight excluding hydrogens is 267 g/mol. The standard InChI is InChI=1S/C14H21ClN2.ClH/c1-11-3-4-12(7-14(11)15)9-17-6-5-13(10-17)8-16-2;/h3-4,7,13,16H,5-6,8-10H2,1-2H3;1H. The number of halogens is 2. The first kappa shape index (κ1) is 15.8. The Hall–Kier alpha value is -0.280. The van der Waals surface area contributed by atoms with Gasteiger partial charge in [0.1, 0.15) is 0 Å². The van der Waals surface area contributed by atoms with Gasteiger partial charge in [-0.2, -0.15) is 0 Å². The number of nitrogens with one attached hydrogen (secondary N) is 1. The summed E-state index contributed by atoms with van der Waals surface area (Å²) in [5, 5.41) is 4.15. The Morgan fingerprint density at radius 1 is 1.44 bits per heavy atom. The minimum Gasteiger partial charge on any atom is -0.319 e. The highest BCUT2D eigenvalue weighted by molar-refractivity contribution is 6.31. The molecule has 1 aromatic rings. The van der Waals surface area contributed by atoms with Gasteiger partial charge in [0.05, 0.1) is 0 Å². The van der Waals surface area contributed by atoms with E-state index in [1.54, 1.807) is 0 Å². The summed E-state index contributed by atoms with van der Waals surface area (Å²) >= 11 is 6.15. The van der Waals surface area contributed by atoms with E-state index in [2.05, 4.69) is 28.4 Å². The lowest BCUT2D eigenvalue weighted by Gasteiger charge is -2.16. The van der Waals surface area contributed by atoms with Gasteiger partial charge in [0, 0.05) is 18.1 Å². The van der Waals surface area contributed by atoms with Crippen molar-refractivity contribution in [3.8, 4) is 0 Å². The van der Waals surface area contributed by atoms with E-state index in [4.69, 9.17) is 11.6 Å². The van der Waals surface area contributed by atoms with Crippen LogP contribution in [0.25, 0.3) is 0 Å². The molecule has 1 unspecified atom stereocenters. The molecule has 0 aromatic heterocycles. The van der Waals surface area contributed by atoms with Gasteiger partial charge in [-0.05, 0) is 56.6 Å². The molecule has 18 heavy (non-hydrogen) atoms. The molecule has 0 amide bonds. The fourth-order valence-electron chi connectivity index (χ4n) is 2.50. The van der Waals surface area contributed by atoms with Crippen LogP contribution in [0, 0.1) is 12.8 Å². The molecule has 102 valence electrons. The zero-order valence-corrected chi connectivity index (χ0v) is 12.7. The number of hydrogen-bond acceptors (Lipinski definition) is 2. The van der Waals surface area contributed by atoms with Crippen LogP contribution in [-0.4, -0.2) is 31.6 Å². The van der Waals surface area contributed by atoms with Crippen molar-refractivity contribution in [1.29, 1.82) is 0 Å². The van der Waals surface area contributed by atoms with Crippen molar-refractivity contribution < 1.29 is 0 Å². The third-order valence-corrected chi connectivity index (χ3v) is 3.91. The molecule has 1 saturated heterocycles. The molecular formula is C14H22Cl2N2. The second-order valence-electron chi connectivity index (χ2n) is 5.03. The maximum absolute atomic E-state index is 6.15. The third kappa shape index (κ3) is 4.13. The van der Waals surface area contributed by atoms with Crippen LogP contribution in [0.1, 0.15) is 17.5 Å². The second-order valence-corrected chi connectivity index (χ2v) is 5.44. The van der Waals surface area contributed by atoms with Crippen molar-refractivity contribution in [2.75, 3.05) is 26.7 Å². The topological polar surface area (TPSA) is 15.3 Å². The molecule has 1 atom stereocenters. The van der Waals surface area contributed by atoms with Gasteiger partial charge in [0.25, 0.3) is 0 Å². The normalized spacial score (nSPS) is 19.8. The quantitative estimate of drug-likeness (QED) is 0.916. The molecule has 2 rings (SSSR count). The van der Waals surface area contributed by atoms with Crippen LogP contribution >= 0.6 is 24.0 Å². The van der Waals surface area contributed by atoms with Crippen LogP contribution in [-0.2, 0) is 6.54 Å². The SMILES string of the molecule is CNCC1CCN(Cc2ccc(C)c(Cl)c2)C1.Cl. The molecule has 1 aromatic carbocycles. The van der Waals surface area contributed by atoms with E-state index in [1.165, 1.54) is 25.1 Å². The lowest BCUT2D eigenvalue weighted by molar-refractivity contribution is 0.315. The average Bonchev–Trinajstić information content (AvgIpc) is 2.72. The number of benzene rings is 1. The molecule has 1 aliphatic rings. The van der Waals surface area contributed by atoms with Crippen molar-refractivity contribution in [2.24, 2.45) is 5.92 Å². The zero-order valence-electron chi connectivity index (χ0n) is 11.1. The van der Waals surface area contributed by atoms with E-state index in [0.29, 0.717) is 0 Å². The summed E-state index contributed by atoms with van der Waals surface area (Å²) in [6.07, 6.45) is 1.31. The molecule has 1 heterocycles. The Morgan fingerprint density at radius 3 is 2.89 bits per heavy atom. The smallest absolute Gasteiger partial charge is 0.0438 e. The molecule has 2 nitrogen and oxygen atoms in total. The van der Waals surface area contributed by atoms with E-state index < -0.39 is 0 Å². The number of aryl methyl sites for hydroxylation is 1. The molecule has 1 N–H and O–H groups in total. The summed E-state index contributed by atoms with van der Waals surface area (Å²) in [5.41, 5.74) is 2.48. The van der Waals surface area contributed by atoms with Gasteiger partial charge < -0.3 is 5.32 Å². The molecule has 0 radical (unpaired) electrons. The van der Waals surface area contributed by atoms with Gasteiger partial charge in [0.2, 0.25) is 0 Å². The van der Waals surface area contributed by atoms with Gasteiger partial charge in [-0.25, -0.2) is 0 Å². The maximum Gasteiger partial charge on any atom is 0.0438 e. The van der Waals surface area contributed by atoms with E-state index in [9.17, 15) is 0 Å². The first-order valence-corrected chi connectivity index (χ1v) is 6.69. The first-order valence-electron chi connectivity index (χ1n) is 6.31. The molecule has 0 aliphatic carbocycles. The number of nitrogens with zero attached hydrogens (tertiary/aromatic N) is 1. The summed E-state index contributed by atoms with van der Waals surface area (Å²) < 4.78 is 0. The Labute approximate surface area is 121 Å². The fraction of sp³-hybridized carbons (Fsp3) is 0.571. The van der Waals surface area contributed by atoms with Gasteiger partial charge in [0.15, 0.2) is 0 Å².